The van der Waals surface area contributed by atoms with Gasteiger partial charge in [-0.25, -0.2) is 4.39 Å². The Hall–Kier alpha value is -2.68. The maximum absolute atomic E-state index is 12.8. The summed E-state index contributed by atoms with van der Waals surface area (Å²) >= 11 is 5.62. The van der Waals surface area contributed by atoms with Crippen LogP contribution in [0, 0.1) is 18.7 Å². The van der Waals surface area contributed by atoms with Crippen LogP contribution < -0.4 is 10.2 Å². The highest BCUT2D eigenvalue weighted by Crippen LogP contribution is 2.40. The Balaban J connectivity index is 0.000000275. The van der Waals surface area contributed by atoms with Gasteiger partial charge in [0.05, 0.1) is 18.3 Å². The van der Waals surface area contributed by atoms with Crippen LogP contribution in [-0.4, -0.2) is 36.6 Å². The number of benzene rings is 2. The Morgan fingerprint density at radius 3 is 2.33 bits per heavy atom. The zero-order valence-electron chi connectivity index (χ0n) is 20.4. The number of halogens is 1. The Kier molecular flexibility index (Phi) is 11.0. The molecule has 1 saturated heterocycles. The normalized spacial score (nSPS) is 17.9. The first kappa shape index (κ1) is 27.9. The van der Waals surface area contributed by atoms with Crippen molar-refractivity contribution >= 4 is 42.0 Å². The van der Waals surface area contributed by atoms with E-state index in [4.69, 9.17) is 9.90 Å². The summed E-state index contributed by atoms with van der Waals surface area (Å²) in [6.07, 6.45) is 6.47. The van der Waals surface area contributed by atoms with Crippen molar-refractivity contribution in [3.63, 3.8) is 0 Å². The number of amides is 1. The highest BCUT2D eigenvalue weighted by Gasteiger charge is 2.36. The van der Waals surface area contributed by atoms with Crippen LogP contribution in [0.15, 0.2) is 65.6 Å². The largest absolute Gasteiger partial charge is 0.483 e. The van der Waals surface area contributed by atoms with Gasteiger partial charge in [0.25, 0.3) is 6.47 Å². The number of aryl methyl sites for hydroxylation is 1. The van der Waals surface area contributed by atoms with Crippen molar-refractivity contribution < 1.29 is 19.1 Å². The molecule has 3 aromatic rings. The zero-order valence-corrected chi connectivity index (χ0v) is 22.1. The number of carbonyl (C=O) groups excluding carboxylic acids is 1. The summed E-state index contributed by atoms with van der Waals surface area (Å²) in [6.45, 7) is 3.28. The molecule has 1 aromatic heterocycles. The lowest BCUT2D eigenvalue weighted by Gasteiger charge is -2.42. The van der Waals surface area contributed by atoms with E-state index in [1.54, 1.807) is 29.5 Å². The average Bonchev–Trinajstić information content (AvgIpc) is 3.29. The Bertz CT molecular complexity index is 1100. The van der Waals surface area contributed by atoms with E-state index >= 15 is 0 Å². The number of anilines is 1. The summed E-state index contributed by atoms with van der Waals surface area (Å²) in [5, 5.41) is 10.2. The molecule has 8 heteroatoms. The number of carboxylic acid groups (broad SMARTS) is 1. The van der Waals surface area contributed by atoms with Gasteiger partial charge in [-0.05, 0) is 49.4 Å². The molecule has 0 bridgehead atoms. The number of piperazine rings is 1. The second-order valence-electron chi connectivity index (χ2n) is 8.84. The van der Waals surface area contributed by atoms with E-state index in [-0.39, 0.29) is 18.2 Å². The second-order valence-corrected chi connectivity index (χ2v) is 10.6. The number of nitrogens with one attached hydrogen (secondary N) is 1. The van der Waals surface area contributed by atoms with E-state index < -0.39 is 0 Å². The summed E-state index contributed by atoms with van der Waals surface area (Å²) in [5.41, 5.74) is 2.37. The second kappa shape index (κ2) is 14.2. The molecule has 1 aliphatic heterocycles. The molecular weight excluding hydrogens is 495 g/mol. The molecule has 192 valence electrons. The van der Waals surface area contributed by atoms with Crippen LogP contribution in [0.3, 0.4) is 0 Å². The van der Waals surface area contributed by atoms with Gasteiger partial charge >= 0.3 is 0 Å². The van der Waals surface area contributed by atoms with E-state index in [0.29, 0.717) is 23.4 Å². The number of hydrogen-bond acceptors (Lipinski definition) is 5. The molecule has 0 radical (unpaired) electrons. The maximum atomic E-state index is 12.8. The predicted molar refractivity (Wildman–Crippen MR) is 148 cm³/mol. The van der Waals surface area contributed by atoms with Crippen molar-refractivity contribution in [2.24, 2.45) is 5.92 Å². The summed E-state index contributed by atoms with van der Waals surface area (Å²) in [5.74, 6) is 0.586. The fourth-order valence-corrected chi connectivity index (χ4v) is 5.98. The third-order valence-corrected chi connectivity index (χ3v) is 7.94. The summed E-state index contributed by atoms with van der Waals surface area (Å²) < 4.78 is 12.2. The Morgan fingerprint density at radius 2 is 1.72 bits per heavy atom. The quantitative estimate of drug-likeness (QED) is 0.271. The summed E-state index contributed by atoms with van der Waals surface area (Å²) in [7, 11) is 0. The van der Waals surface area contributed by atoms with Gasteiger partial charge in [-0.15, -0.1) is 24.0 Å². The highest BCUT2D eigenvalue weighted by molar-refractivity contribution is 7.80. The molecule has 2 fully saturated rings. The third kappa shape index (κ3) is 7.41. The monoisotopic (exact) mass is 528 g/mol. The van der Waals surface area contributed by atoms with Gasteiger partial charge in [-0.3, -0.25) is 9.59 Å². The lowest BCUT2D eigenvalue weighted by molar-refractivity contribution is -0.123. The fourth-order valence-electron chi connectivity index (χ4n) is 4.81. The van der Waals surface area contributed by atoms with Crippen molar-refractivity contribution in [2.45, 2.75) is 50.0 Å². The van der Waals surface area contributed by atoms with Gasteiger partial charge in [0, 0.05) is 21.2 Å². The number of rotatable bonds is 3. The van der Waals surface area contributed by atoms with Gasteiger partial charge < -0.3 is 15.3 Å². The van der Waals surface area contributed by atoms with Gasteiger partial charge in [0.15, 0.2) is 0 Å². The van der Waals surface area contributed by atoms with Crippen LogP contribution in [0.25, 0.3) is 10.4 Å². The van der Waals surface area contributed by atoms with Crippen LogP contribution in [0.4, 0.5) is 10.1 Å². The molecule has 1 amide bonds. The van der Waals surface area contributed by atoms with Gasteiger partial charge in [0.1, 0.15) is 5.82 Å². The summed E-state index contributed by atoms with van der Waals surface area (Å²) in [4.78, 5) is 26.2. The van der Waals surface area contributed by atoms with Crippen LogP contribution in [0.1, 0.15) is 37.0 Å². The first-order chi connectivity index (χ1) is 17.5. The molecule has 2 aromatic carbocycles. The number of thiol groups is 1. The first-order valence-electron chi connectivity index (χ1n) is 12.2. The fraction of sp³-hybridized carbons (Fsp3) is 0.357. The Labute approximate surface area is 221 Å². The van der Waals surface area contributed by atoms with Crippen LogP contribution in [-0.2, 0) is 9.59 Å². The smallest absolute Gasteiger partial charge is 0.290 e. The minimum absolute atomic E-state index is 0.224. The van der Waals surface area contributed by atoms with E-state index in [9.17, 15) is 9.18 Å². The molecule has 5 rings (SSSR count). The van der Waals surface area contributed by atoms with Crippen molar-refractivity contribution in [3.8, 4) is 10.4 Å². The number of hydrogen-bond donors (Lipinski definition) is 3. The molecule has 1 unspecified atom stereocenters. The van der Waals surface area contributed by atoms with Crippen molar-refractivity contribution in [2.75, 3.05) is 18.0 Å². The molecule has 1 saturated carbocycles. The molecule has 5 nitrogen and oxygen atoms in total. The van der Waals surface area contributed by atoms with E-state index in [1.807, 2.05) is 6.07 Å². The predicted octanol–water partition coefficient (Wildman–Crippen LogP) is 6.42. The van der Waals surface area contributed by atoms with E-state index in [2.05, 4.69) is 60.1 Å². The van der Waals surface area contributed by atoms with Crippen molar-refractivity contribution in [1.29, 1.82) is 0 Å². The van der Waals surface area contributed by atoms with Crippen molar-refractivity contribution in [3.05, 3.63) is 71.4 Å². The minimum Gasteiger partial charge on any atom is -0.483 e. The molecule has 36 heavy (non-hydrogen) atoms. The SMILES string of the molecule is Cc1sc(-c2ccccc2)cc1N1C(=O)CNCC1C1CCCCC1.Fc1ccccc1S.O=CO. The molecule has 2 aliphatic rings. The van der Waals surface area contributed by atoms with E-state index in [0.717, 1.165) is 12.2 Å². The molecule has 2 N–H and O–H groups in total. The molecule has 0 spiro atoms. The number of thiophene rings is 1. The summed E-state index contributed by atoms with van der Waals surface area (Å²) in [6, 6.07) is 19.4. The first-order valence-corrected chi connectivity index (χ1v) is 13.4. The van der Waals surface area contributed by atoms with Crippen LogP contribution >= 0.6 is 24.0 Å². The van der Waals surface area contributed by atoms with Crippen molar-refractivity contribution in [1.82, 2.24) is 5.32 Å². The maximum Gasteiger partial charge on any atom is 0.290 e. The topological polar surface area (TPSA) is 69.6 Å². The van der Waals surface area contributed by atoms with Crippen LogP contribution in [0.2, 0.25) is 0 Å². The lowest BCUT2D eigenvalue weighted by Crippen LogP contribution is -2.58. The van der Waals surface area contributed by atoms with Gasteiger partial charge in [-0.2, -0.15) is 0 Å². The standard InChI is InChI=1S/C21H26N2OS.C6H5FS.CH2O2/c1-15-18(12-20(25-15)17-10-6-3-7-11-17)23-19(13-22-14-21(23)24)16-8-4-2-5-9-16;7-5-3-1-2-4-6(5)8;2-1-3/h3,6-7,10-12,16,19,22H,2,4-5,8-9,13-14H2,1H3;1-4,8H;1H,(H,2,3). The van der Waals surface area contributed by atoms with E-state index in [1.165, 1.54) is 53.5 Å². The minimum atomic E-state index is -0.268. The molecule has 1 atom stereocenters. The number of nitrogens with zero attached hydrogens (tertiary/aromatic N) is 1. The lowest BCUT2D eigenvalue weighted by atomic mass is 9.82. The molecular formula is C28H33FN2O3S2. The zero-order chi connectivity index (χ0) is 25.9. The molecule has 1 aliphatic carbocycles. The van der Waals surface area contributed by atoms with Crippen LogP contribution in [0.5, 0.6) is 0 Å². The Morgan fingerprint density at radius 1 is 1.08 bits per heavy atom. The molecule has 2 heterocycles. The average molecular weight is 529 g/mol. The third-order valence-electron chi connectivity index (χ3n) is 6.49. The highest BCUT2D eigenvalue weighted by atomic mass is 32.1. The number of carbonyl (C=O) groups is 2. The van der Waals surface area contributed by atoms with Gasteiger partial charge in [-0.1, -0.05) is 61.7 Å². The van der Waals surface area contributed by atoms with Gasteiger partial charge in [0.2, 0.25) is 5.91 Å².